The number of anilines is 1. The number of hydrogen-bond acceptors (Lipinski definition) is 7. The highest BCUT2D eigenvalue weighted by Crippen LogP contribution is 2.31. The van der Waals surface area contributed by atoms with E-state index in [1.165, 1.54) is 4.90 Å². The zero-order valence-corrected chi connectivity index (χ0v) is 20.5. The Balaban J connectivity index is 1.29. The Hall–Kier alpha value is -4.26. The van der Waals surface area contributed by atoms with E-state index in [4.69, 9.17) is 9.47 Å². The van der Waals surface area contributed by atoms with Gasteiger partial charge >= 0.3 is 0 Å². The summed E-state index contributed by atoms with van der Waals surface area (Å²) in [5.74, 6) is 5.44. The summed E-state index contributed by atoms with van der Waals surface area (Å²) in [5.41, 5.74) is 3.12. The molecule has 1 fully saturated rings. The highest BCUT2D eigenvalue weighted by Gasteiger charge is 2.34. The molecule has 2 aromatic heterocycles. The van der Waals surface area contributed by atoms with Crippen molar-refractivity contribution in [3.05, 3.63) is 82.9 Å². The fourth-order valence-corrected chi connectivity index (χ4v) is 4.10. The molecule has 0 saturated carbocycles. The van der Waals surface area contributed by atoms with Crippen molar-refractivity contribution in [1.82, 2.24) is 15.3 Å². The second-order valence-corrected chi connectivity index (χ2v) is 9.17. The van der Waals surface area contributed by atoms with E-state index in [-0.39, 0.29) is 31.4 Å². The van der Waals surface area contributed by atoms with E-state index >= 15 is 0 Å². The number of carbonyl (C=O) groups excluding carboxylic acids is 2. The third-order valence-electron chi connectivity index (χ3n) is 6.35. The molecule has 188 valence electrons. The van der Waals surface area contributed by atoms with Gasteiger partial charge in [-0.25, -0.2) is 0 Å². The molecule has 9 nitrogen and oxygen atoms in total. The van der Waals surface area contributed by atoms with Crippen LogP contribution in [0.2, 0.25) is 0 Å². The number of pyridine rings is 2. The summed E-state index contributed by atoms with van der Waals surface area (Å²) in [5, 5.41) is 12.9. The Morgan fingerprint density at radius 3 is 2.81 bits per heavy atom. The number of aromatic nitrogens is 2. The van der Waals surface area contributed by atoms with Crippen molar-refractivity contribution >= 4 is 17.5 Å². The number of ether oxygens (including phenoxy) is 2. The van der Waals surface area contributed by atoms with Crippen LogP contribution in [0.1, 0.15) is 32.9 Å². The van der Waals surface area contributed by atoms with Crippen LogP contribution in [0.5, 0.6) is 5.75 Å². The van der Waals surface area contributed by atoms with Crippen LogP contribution in [0.3, 0.4) is 0 Å². The van der Waals surface area contributed by atoms with Crippen LogP contribution in [0.15, 0.2) is 54.9 Å². The Labute approximate surface area is 214 Å². The van der Waals surface area contributed by atoms with Gasteiger partial charge in [-0.05, 0) is 60.9 Å². The van der Waals surface area contributed by atoms with Gasteiger partial charge in [0.1, 0.15) is 24.1 Å². The molecular formula is C28H26N4O5. The Kier molecular flexibility index (Phi) is 6.61. The largest absolute Gasteiger partial charge is 0.489 e. The molecule has 1 aromatic carbocycles. The molecule has 9 heteroatoms. The van der Waals surface area contributed by atoms with Gasteiger partial charge in [0.15, 0.2) is 5.60 Å². The van der Waals surface area contributed by atoms with Crippen molar-refractivity contribution in [3.8, 4) is 17.6 Å². The van der Waals surface area contributed by atoms with Gasteiger partial charge < -0.3 is 24.8 Å². The molecular weight excluding hydrogens is 472 g/mol. The van der Waals surface area contributed by atoms with Gasteiger partial charge in [0.05, 0.1) is 18.9 Å². The normalized spacial score (nSPS) is 17.9. The van der Waals surface area contributed by atoms with Crippen LogP contribution in [0.25, 0.3) is 0 Å². The number of likely N-dealkylation sites (N-methyl/N-ethyl adjacent to an activating group) is 1. The van der Waals surface area contributed by atoms with Crippen LogP contribution < -0.4 is 15.0 Å². The zero-order valence-electron chi connectivity index (χ0n) is 20.5. The van der Waals surface area contributed by atoms with Crippen LogP contribution in [0, 0.1) is 18.8 Å². The SMILES string of the molecule is Cc1ncccc1Cc1ccnc(C(=O)N[C@H]2COc3ccc(C#CC4(O)COC4)cc3N(C)C2=O)c1. The third-order valence-corrected chi connectivity index (χ3v) is 6.35. The van der Waals surface area contributed by atoms with E-state index in [1.54, 1.807) is 43.7 Å². The van der Waals surface area contributed by atoms with Gasteiger partial charge in [-0.3, -0.25) is 19.6 Å². The van der Waals surface area contributed by atoms with Gasteiger partial charge in [-0.2, -0.15) is 0 Å². The van der Waals surface area contributed by atoms with Gasteiger partial charge in [-0.15, -0.1) is 0 Å². The highest BCUT2D eigenvalue weighted by molar-refractivity contribution is 6.03. The molecule has 2 aliphatic heterocycles. The van der Waals surface area contributed by atoms with Crippen molar-refractivity contribution in [1.29, 1.82) is 0 Å². The van der Waals surface area contributed by atoms with Crippen LogP contribution in [-0.4, -0.2) is 65.4 Å². The minimum atomic E-state index is -1.14. The van der Waals surface area contributed by atoms with E-state index in [0.717, 1.165) is 16.8 Å². The monoisotopic (exact) mass is 498 g/mol. The number of amides is 2. The van der Waals surface area contributed by atoms with Crippen LogP contribution in [-0.2, 0) is 16.0 Å². The first kappa shape index (κ1) is 24.4. The molecule has 1 saturated heterocycles. The average molecular weight is 499 g/mol. The molecule has 2 N–H and O–H groups in total. The lowest BCUT2D eigenvalue weighted by Crippen LogP contribution is -2.49. The van der Waals surface area contributed by atoms with Crippen LogP contribution >= 0.6 is 0 Å². The van der Waals surface area contributed by atoms with Gasteiger partial charge in [0.2, 0.25) is 0 Å². The number of fused-ring (bicyclic) bond motifs is 1. The highest BCUT2D eigenvalue weighted by atomic mass is 16.5. The fraction of sp³-hybridized carbons (Fsp3) is 0.286. The zero-order chi connectivity index (χ0) is 26.0. The van der Waals surface area contributed by atoms with Gasteiger partial charge in [-0.1, -0.05) is 17.9 Å². The Bertz CT molecular complexity index is 1420. The van der Waals surface area contributed by atoms with E-state index < -0.39 is 17.6 Å². The predicted molar refractivity (Wildman–Crippen MR) is 135 cm³/mol. The maximum atomic E-state index is 13.2. The van der Waals surface area contributed by atoms with E-state index in [0.29, 0.717) is 23.4 Å². The number of benzene rings is 1. The second-order valence-electron chi connectivity index (χ2n) is 9.17. The molecule has 37 heavy (non-hydrogen) atoms. The standard InChI is InChI=1S/C28H26N4O5/c1-18-21(4-3-10-29-18)12-20-8-11-30-22(13-20)26(33)31-23-15-37-25-6-5-19(7-9-28(35)16-36-17-28)14-24(25)32(2)27(23)34/h3-6,8,10-11,13-14,23,35H,12,15-17H2,1-2H3,(H,31,33)/t23-/m0/s1. The average Bonchev–Trinajstić information content (AvgIpc) is 3.00. The predicted octanol–water partition coefficient (Wildman–Crippen LogP) is 1.64. The van der Waals surface area contributed by atoms with Crippen molar-refractivity contribution in [3.63, 3.8) is 0 Å². The quantitative estimate of drug-likeness (QED) is 0.526. The van der Waals surface area contributed by atoms with Crippen molar-refractivity contribution in [2.75, 3.05) is 31.8 Å². The molecule has 0 aliphatic carbocycles. The molecule has 2 aliphatic rings. The van der Waals surface area contributed by atoms with Crippen molar-refractivity contribution < 1.29 is 24.2 Å². The number of rotatable bonds is 4. The summed E-state index contributed by atoms with van der Waals surface area (Å²) in [6.07, 6.45) is 3.94. The van der Waals surface area contributed by atoms with E-state index in [9.17, 15) is 14.7 Å². The van der Waals surface area contributed by atoms with E-state index in [2.05, 4.69) is 27.1 Å². The lowest BCUT2D eigenvalue weighted by molar-refractivity contribution is -0.140. The molecule has 0 bridgehead atoms. The number of aliphatic hydroxyl groups is 1. The Morgan fingerprint density at radius 1 is 1.22 bits per heavy atom. The summed E-state index contributed by atoms with van der Waals surface area (Å²) < 4.78 is 10.9. The number of aryl methyl sites for hydroxylation is 1. The number of carbonyl (C=O) groups is 2. The molecule has 0 spiro atoms. The van der Waals surface area contributed by atoms with Crippen LogP contribution in [0.4, 0.5) is 5.69 Å². The number of nitrogens with one attached hydrogen (secondary N) is 1. The summed E-state index contributed by atoms with van der Waals surface area (Å²) in [4.78, 5) is 36.2. The van der Waals surface area contributed by atoms with Gasteiger partial charge in [0.25, 0.3) is 11.8 Å². The molecule has 1 atom stereocenters. The maximum absolute atomic E-state index is 13.2. The first-order valence-electron chi connectivity index (χ1n) is 11.9. The smallest absolute Gasteiger partial charge is 0.270 e. The molecule has 2 amide bonds. The van der Waals surface area contributed by atoms with Gasteiger partial charge in [0, 0.05) is 30.7 Å². The number of nitrogens with zero attached hydrogens (tertiary/aromatic N) is 3. The summed E-state index contributed by atoms with van der Waals surface area (Å²) >= 11 is 0. The summed E-state index contributed by atoms with van der Waals surface area (Å²) in [6, 6.07) is 11.7. The second kappa shape index (κ2) is 10.0. The lowest BCUT2D eigenvalue weighted by Gasteiger charge is -2.30. The summed E-state index contributed by atoms with van der Waals surface area (Å²) in [6.45, 7) is 2.26. The minimum Gasteiger partial charge on any atom is -0.489 e. The molecule has 3 aromatic rings. The minimum absolute atomic E-state index is 0.0292. The lowest BCUT2D eigenvalue weighted by atomic mass is 10.0. The van der Waals surface area contributed by atoms with E-state index in [1.807, 2.05) is 25.1 Å². The molecule has 4 heterocycles. The first-order valence-corrected chi connectivity index (χ1v) is 11.9. The Morgan fingerprint density at radius 2 is 2.05 bits per heavy atom. The first-order chi connectivity index (χ1) is 17.8. The molecule has 0 radical (unpaired) electrons. The molecule has 0 unspecified atom stereocenters. The molecule has 5 rings (SSSR count). The fourth-order valence-electron chi connectivity index (χ4n) is 4.10. The summed E-state index contributed by atoms with van der Waals surface area (Å²) in [7, 11) is 1.62. The third kappa shape index (κ3) is 5.31. The van der Waals surface area contributed by atoms with Crippen molar-refractivity contribution in [2.24, 2.45) is 0 Å². The topological polar surface area (TPSA) is 114 Å². The number of hydrogen-bond donors (Lipinski definition) is 2. The van der Waals surface area contributed by atoms with Crippen molar-refractivity contribution in [2.45, 2.75) is 25.0 Å². The maximum Gasteiger partial charge on any atom is 0.270 e.